The molecule has 0 radical (unpaired) electrons. The number of benzene rings is 1. The highest BCUT2D eigenvalue weighted by Crippen LogP contribution is 2.31. The number of hydrogen-bond donors (Lipinski definition) is 0. The van der Waals surface area contributed by atoms with Crippen LogP contribution >= 0.6 is 11.3 Å². The molecule has 1 fully saturated rings. The fraction of sp³-hybridized carbons (Fsp3) is 0.538. The summed E-state index contributed by atoms with van der Waals surface area (Å²) in [5.74, 6) is 0.289. The normalized spacial score (nSPS) is 14.6. The van der Waals surface area contributed by atoms with Gasteiger partial charge in [-0.05, 0) is 66.7 Å². The topological polar surface area (TPSA) is 46.6 Å². The molecule has 0 bridgehead atoms. The fourth-order valence-corrected chi connectivity index (χ4v) is 5.12. The number of morpholine rings is 1. The lowest BCUT2D eigenvalue weighted by Gasteiger charge is -2.31. The predicted molar refractivity (Wildman–Crippen MR) is 127 cm³/mol. The molecule has 0 N–H and O–H groups in total. The highest BCUT2D eigenvalue weighted by Gasteiger charge is 2.30. The van der Waals surface area contributed by atoms with Crippen LogP contribution in [0.4, 0.5) is 0 Å². The lowest BCUT2D eigenvalue weighted by atomic mass is 9.82. The number of nitrogens with zero attached hydrogens (tertiary/aromatic N) is 1. The molecule has 2 aromatic rings. The Morgan fingerprint density at radius 2 is 1.74 bits per heavy atom. The van der Waals surface area contributed by atoms with Gasteiger partial charge in [-0.25, -0.2) is 0 Å². The maximum Gasteiger partial charge on any atom is 0.223 e. The van der Waals surface area contributed by atoms with Crippen molar-refractivity contribution in [2.75, 3.05) is 26.3 Å². The zero-order chi connectivity index (χ0) is 22.4. The molecule has 1 aromatic carbocycles. The van der Waals surface area contributed by atoms with Crippen LogP contribution in [0.25, 0.3) is 0 Å². The monoisotopic (exact) mass is 441 g/mol. The van der Waals surface area contributed by atoms with Gasteiger partial charge in [-0.1, -0.05) is 37.6 Å². The SMILES string of the molecule is Cc1ccc(C)c(CCCc2ccsc2C(=O)CC(C)(C)CC(=O)N2CCOCC2)c1. The number of thiophene rings is 1. The molecule has 1 aliphatic rings. The van der Waals surface area contributed by atoms with E-state index in [2.05, 4.69) is 38.1 Å². The Labute approximate surface area is 190 Å². The summed E-state index contributed by atoms with van der Waals surface area (Å²) in [6, 6.07) is 8.69. The van der Waals surface area contributed by atoms with E-state index in [9.17, 15) is 9.59 Å². The van der Waals surface area contributed by atoms with Gasteiger partial charge < -0.3 is 9.64 Å². The third-order valence-corrected chi connectivity index (χ3v) is 7.03. The van der Waals surface area contributed by atoms with Crippen LogP contribution in [0.2, 0.25) is 0 Å². The van der Waals surface area contributed by atoms with Crippen LogP contribution in [-0.4, -0.2) is 42.9 Å². The van der Waals surface area contributed by atoms with E-state index in [1.54, 1.807) is 0 Å². The average Bonchev–Trinajstić information content (AvgIpc) is 3.19. The molecule has 1 amide bonds. The van der Waals surface area contributed by atoms with Crippen molar-refractivity contribution in [1.82, 2.24) is 4.90 Å². The van der Waals surface area contributed by atoms with Crippen LogP contribution in [0.5, 0.6) is 0 Å². The zero-order valence-electron chi connectivity index (χ0n) is 19.3. The third-order valence-electron chi connectivity index (χ3n) is 6.03. The molecule has 1 aromatic heterocycles. The molecule has 3 rings (SSSR count). The summed E-state index contributed by atoms with van der Waals surface area (Å²) in [7, 11) is 0. The summed E-state index contributed by atoms with van der Waals surface area (Å²) in [6.07, 6.45) is 3.75. The van der Waals surface area contributed by atoms with Crippen molar-refractivity contribution in [3.05, 3.63) is 56.8 Å². The molecule has 1 saturated heterocycles. The second-order valence-corrected chi connectivity index (χ2v) is 10.4. The van der Waals surface area contributed by atoms with Gasteiger partial charge in [0.2, 0.25) is 5.91 Å². The number of carbonyl (C=O) groups excluding carboxylic acids is 2. The highest BCUT2D eigenvalue weighted by molar-refractivity contribution is 7.12. The van der Waals surface area contributed by atoms with Gasteiger partial charge in [-0.2, -0.15) is 0 Å². The van der Waals surface area contributed by atoms with Gasteiger partial charge in [-0.3, -0.25) is 9.59 Å². The number of ether oxygens (including phenoxy) is 1. The van der Waals surface area contributed by atoms with E-state index in [1.165, 1.54) is 28.0 Å². The summed E-state index contributed by atoms with van der Waals surface area (Å²) in [5.41, 5.74) is 4.81. The number of Topliss-reactive ketones (excluding diaryl/α,β-unsaturated/α-hetero) is 1. The average molecular weight is 442 g/mol. The molecular formula is C26H35NO3S. The van der Waals surface area contributed by atoms with E-state index in [0.717, 1.165) is 29.7 Å². The minimum absolute atomic E-state index is 0.126. The Morgan fingerprint density at radius 3 is 2.48 bits per heavy atom. The van der Waals surface area contributed by atoms with E-state index in [4.69, 9.17) is 4.74 Å². The lowest BCUT2D eigenvalue weighted by molar-refractivity contribution is -0.137. The smallest absolute Gasteiger partial charge is 0.223 e. The summed E-state index contributed by atoms with van der Waals surface area (Å²) in [5, 5.41) is 2.02. The van der Waals surface area contributed by atoms with Crippen molar-refractivity contribution in [3.63, 3.8) is 0 Å². The minimum atomic E-state index is -0.355. The van der Waals surface area contributed by atoms with Crippen LogP contribution in [-0.2, 0) is 22.4 Å². The fourth-order valence-electron chi connectivity index (χ4n) is 4.23. The van der Waals surface area contributed by atoms with E-state index in [0.29, 0.717) is 39.1 Å². The number of hydrogen-bond acceptors (Lipinski definition) is 4. The quantitative estimate of drug-likeness (QED) is 0.490. The molecule has 2 heterocycles. The summed E-state index contributed by atoms with van der Waals surface area (Å²) in [6.45, 7) is 10.8. The molecule has 168 valence electrons. The van der Waals surface area contributed by atoms with E-state index < -0.39 is 0 Å². The van der Waals surface area contributed by atoms with Gasteiger partial charge in [0.1, 0.15) is 0 Å². The Morgan fingerprint density at radius 1 is 1.03 bits per heavy atom. The molecule has 5 heteroatoms. The van der Waals surface area contributed by atoms with Crippen molar-refractivity contribution in [1.29, 1.82) is 0 Å². The van der Waals surface area contributed by atoms with Crippen molar-refractivity contribution in [2.45, 2.75) is 59.8 Å². The molecule has 0 saturated carbocycles. The van der Waals surface area contributed by atoms with Crippen molar-refractivity contribution in [2.24, 2.45) is 5.41 Å². The van der Waals surface area contributed by atoms with Crippen molar-refractivity contribution < 1.29 is 14.3 Å². The Balaban J connectivity index is 1.55. The predicted octanol–water partition coefficient (Wildman–Crippen LogP) is 5.39. The van der Waals surface area contributed by atoms with E-state index in [1.807, 2.05) is 24.1 Å². The molecule has 31 heavy (non-hydrogen) atoms. The van der Waals surface area contributed by atoms with Crippen LogP contribution in [0.3, 0.4) is 0 Å². The molecule has 0 unspecified atom stereocenters. The molecule has 0 aliphatic carbocycles. The molecule has 1 aliphatic heterocycles. The Hall–Kier alpha value is -1.98. The molecular weight excluding hydrogens is 406 g/mol. The van der Waals surface area contributed by atoms with Crippen LogP contribution in [0.15, 0.2) is 29.6 Å². The molecule has 0 spiro atoms. The van der Waals surface area contributed by atoms with E-state index in [-0.39, 0.29) is 17.1 Å². The lowest BCUT2D eigenvalue weighted by Crippen LogP contribution is -2.42. The van der Waals surface area contributed by atoms with Gasteiger partial charge in [0.15, 0.2) is 5.78 Å². The third kappa shape index (κ3) is 6.75. The van der Waals surface area contributed by atoms with Crippen molar-refractivity contribution >= 4 is 23.0 Å². The first-order valence-electron chi connectivity index (χ1n) is 11.3. The first-order chi connectivity index (χ1) is 14.7. The van der Waals surface area contributed by atoms with Crippen LogP contribution < -0.4 is 0 Å². The minimum Gasteiger partial charge on any atom is -0.378 e. The van der Waals surface area contributed by atoms with Gasteiger partial charge >= 0.3 is 0 Å². The second-order valence-electron chi connectivity index (χ2n) is 9.49. The molecule has 4 nitrogen and oxygen atoms in total. The van der Waals surface area contributed by atoms with Crippen molar-refractivity contribution in [3.8, 4) is 0 Å². The van der Waals surface area contributed by atoms with Gasteiger partial charge in [-0.15, -0.1) is 11.3 Å². The zero-order valence-corrected chi connectivity index (χ0v) is 20.1. The Bertz CT molecular complexity index is 909. The maximum absolute atomic E-state index is 13.1. The summed E-state index contributed by atoms with van der Waals surface area (Å²) < 4.78 is 5.33. The van der Waals surface area contributed by atoms with Gasteiger partial charge in [0.25, 0.3) is 0 Å². The van der Waals surface area contributed by atoms with Gasteiger partial charge in [0, 0.05) is 25.9 Å². The summed E-state index contributed by atoms with van der Waals surface area (Å²) in [4.78, 5) is 28.5. The summed E-state index contributed by atoms with van der Waals surface area (Å²) >= 11 is 1.54. The second kappa shape index (κ2) is 10.6. The van der Waals surface area contributed by atoms with Crippen LogP contribution in [0, 0.1) is 19.3 Å². The van der Waals surface area contributed by atoms with Gasteiger partial charge in [0.05, 0.1) is 18.1 Å². The number of amides is 1. The number of ketones is 1. The Kier molecular flexibility index (Phi) is 8.06. The first-order valence-corrected chi connectivity index (χ1v) is 12.1. The highest BCUT2D eigenvalue weighted by atomic mass is 32.1. The van der Waals surface area contributed by atoms with Crippen LogP contribution in [0.1, 0.15) is 65.0 Å². The largest absolute Gasteiger partial charge is 0.378 e. The standard InChI is InChI=1S/C26H35NO3S/c1-19-8-9-20(2)22(16-19)7-5-6-21-10-15-31-25(21)23(28)17-26(3,4)18-24(29)27-11-13-30-14-12-27/h8-10,15-16H,5-7,11-14,17-18H2,1-4H3. The van der Waals surface area contributed by atoms with E-state index >= 15 is 0 Å². The number of carbonyl (C=O) groups is 2. The number of aryl methyl sites for hydroxylation is 4. The number of rotatable bonds is 9. The first kappa shape index (κ1) is 23.7. The molecule has 0 atom stereocenters. The maximum atomic E-state index is 13.1.